The molecule has 4 nitrogen and oxygen atoms in total. The van der Waals surface area contributed by atoms with Crippen molar-refractivity contribution in [1.29, 1.82) is 0 Å². The van der Waals surface area contributed by atoms with Gasteiger partial charge in [-0.15, -0.1) is 0 Å². The molecule has 0 amide bonds. The SMILES string of the molecule is C[n+]1ccn(CCSSCCn2cc[n+](C)c2)c1. The smallest absolute Gasteiger partial charge is 0.240 e. The quantitative estimate of drug-likeness (QED) is 0.429. The van der Waals surface area contributed by atoms with Gasteiger partial charge in [0.15, 0.2) is 0 Å². The molecule has 0 unspecified atom stereocenters. The minimum atomic E-state index is 1.08. The van der Waals surface area contributed by atoms with Crippen LogP contribution < -0.4 is 9.13 Å². The largest absolute Gasteiger partial charge is 0.243 e. The lowest BCUT2D eigenvalue weighted by atomic mass is 10.7. The van der Waals surface area contributed by atoms with Crippen LogP contribution in [-0.4, -0.2) is 20.6 Å². The fourth-order valence-corrected chi connectivity index (χ4v) is 3.63. The van der Waals surface area contributed by atoms with E-state index in [9.17, 15) is 0 Å². The standard InChI is InChI=1S/C12H20N4S2/c1-13-3-5-15(11-13)7-9-17-18-10-8-16-6-4-14(2)12-16/h3-6,11-12H,7-10H2,1-2H3/q+2. The highest BCUT2D eigenvalue weighted by Crippen LogP contribution is 2.21. The summed E-state index contributed by atoms with van der Waals surface area (Å²) in [5.74, 6) is 2.30. The van der Waals surface area contributed by atoms with Crippen molar-refractivity contribution in [2.24, 2.45) is 14.1 Å². The molecule has 0 aliphatic carbocycles. The van der Waals surface area contributed by atoms with Gasteiger partial charge in [-0.3, -0.25) is 0 Å². The van der Waals surface area contributed by atoms with Crippen molar-refractivity contribution < 1.29 is 9.13 Å². The van der Waals surface area contributed by atoms with Gasteiger partial charge < -0.3 is 0 Å². The van der Waals surface area contributed by atoms with Gasteiger partial charge in [-0.2, -0.15) is 0 Å². The van der Waals surface area contributed by atoms with Crippen LogP contribution >= 0.6 is 21.6 Å². The monoisotopic (exact) mass is 284 g/mol. The van der Waals surface area contributed by atoms with Gasteiger partial charge in [0.1, 0.15) is 24.8 Å². The first-order valence-electron chi connectivity index (χ1n) is 6.00. The highest BCUT2D eigenvalue weighted by Gasteiger charge is 2.02. The molecule has 0 radical (unpaired) electrons. The number of aromatic nitrogens is 4. The second kappa shape index (κ2) is 6.89. The Morgan fingerprint density at radius 3 is 1.61 bits per heavy atom. The number of aryl methyl sites for hydroxylation is 4. The molecule has 0 aliphatic rings. The fourth-order valence-electron chi connectivity index (χ4n) is 1.67. The zero-order chi connectivity index (χ0) is 12.8. The van der Waals surface area contributed by atoms with Crippen molar-refractivity contribution in [3.8, 4) is 0 Å². The first kappa shape index (κ1) is 13.5. The molecule has 6 heteroatoms. The van der Waals surface area contributed by atoms with Gasteiger partial charge in [-0.25, -0.2) is 18.3 Å². The summed E-state index contributed by atoms with van der Waals surface area (Å²) in [7, 11) is 8.00. The first-order valence-corrected chi connectivity index (χ1v) is 8.49. The molecular formula is C12H20N4S2+2. The van der Waals surface area contributed by atoms with E-state index in [1.807, 2.05) is 21.6 Å². The number of hydrogen-bond donors (Lipinski definition) is 0. The van der Waals surface area contributed by atoms with Crippen molar-refractivity contribution in [2.45, 2.75) is 13.1 Å². The molecule has 2 rings (SSSR count). The van der Waals surface area contributed by atoms with E-state index in [1.54, 1.807) is 0 Å². The summed E-state index contributed by atoms with van der Waals surface area (Å²) in [6, 6.07) is 0. The molecule has 2 aromatic rings. The Labute approximate surface area is 116 Å². The average molecular weight is 284 g/mol. The van der Waals surface area contributed by atoms with E-state index in [-0.39, 0.29) is 0 Å². The van der Waals surface area contributed by atoms with E-state index in [0.29, 0.717) is 0 Å². The Hall–Kier alpha value is -0.880. The molecule has 0 saturated carbocycles. The predicted molar refractivity (Wildman–Crippen MR) is 76.1 cm³/mol. The van der Waals surface area contributed by atoms with Gasteiger partial charge in [0.2, 0.25) is 12.7 Å². The second-order valence-electron chi connectivity index (χ2n) is 4.28. The number of hydrogen-bond acceptors (Lipinski definition) is 2. The predicted octanol–water partition coefficient (Wildman–Crippen LogP) is 1.02. The van der Waals surface area contributed by atoms with E-state index in [1.165, 1.54) is 0 Å². The molecule has 0 saturated heterocycles. The molecule has 0 N–H and O–H groups in total. The van der Waals surface area contributed by atoms with Crippen molar-refractivity contribution in [1.82, 2.24) is 9.13 Å². The summed E-state index contributed by atoms with van der Waals surface area (Å²) in [6.07, 6.45) is 12.6. The summed E-state index contributed by atoms with van der Waals surface area (Å²) in [4.78, 5) is 0. The van der Waals surface area contributed by atoms with Crippen molar-refractivity contribution in [3.05, 3.63) is 37.4 Å². The third-order valence-electron chi connectivity index (χ3n) is 2.60. The number of imidazole rings is 2. The number of rotatable bonds is 7. The summed E-state index contributed by atoms with van der Waals surface area (Å²) < 4.78 is 8.59. The van der Waals surface area contributed by atoms with E-state index in [0.717, 1.165) is 24.6 Å². The van der Waals surface area contributed by atoms with Gasteiger partial charge in [-0.05, 0) is 0 Å². The molecule has 0 bridgehead atoms. The van der Waals surface area contributed by atoms with Crippen LogP contribution in [0.15, 0.2) is 37.4 Å². The highest BCUT2D eigenvalue weighted by molar-refractivity contribution is 8.76. The molecule has 98 valence electrons. The average Bonchev–Trinajstić information content (AvgIpc) is 2.93. The van der Waals surface area contributed by atoms with Crippen LogP contribution in [0.25, 0.3) is 0 Å². The molecule has 18 heavy (non-hydrogen) atoms. The van der Waals surface area contributed by atoms with Crippen LogP contribution in [0.1, 0.15) is 0 Å². The van der Waals surface area contributed by atoms with Crippen LogP contribution in [0.3, 0.4) is 0 Å². The molecule has 2 heterocycles. The molecular weight excluding hydrogens is 264 g/mol. The minimum absolute atomic E-state index is 1.08. The Bertz CT molecular complexity index is 434. The van der Waals surface area contributed by atoms with Crippen LogP contribution in [0, 0.1) is 0 Å². The first-order chi connectivity index (χ1) is 8.74. The summed E-state index contributed by atoms with van der Waals surface area (Å²) in [5.41, 5.74) is 0. The maximum absolute atomic E-state index is 2.22. The molecule has 0 aromatic carbocycles. The van der Waals surface area contributed by atoms with Crippen molar-refractivity contribution in [3.63, 3.8) is 0 Å². The van der Waals surface area contributed by atoms with E-state index in [2.05, 4.69) is 69.8 Å². The molecule has 0 atom stereocenters. The normalized spacial score (nSPS) is 11.0. The Morgan fingerprint density at radius 2 is 1.28 bits per heavy atom. The van der Waals surface area contributed by atoms with E-state index in [4.69, 9.17) is 0 Å². The highest BCUT2D eigenvalue weighted by atomic mass is 33.1. The van der Waals surface area contributed by atoms with Gasteiger partial charge in [0.25, 0.3) is 0 Å². The van der Waals surface area contributed by atoms with Crippen LogP contribution in [0.5, 0.6) is 0 Å². The van der Waals surface area contributed by atoms with Crippen molar-refractivity contribution in [2.75, 3.05) is 11.5 Å². The van der Waals surface area contributed by atoms with Gasteiger partial charge in [0, 0.05) is 11.5 Å². The van der Waals surface area contributed by atoms with Crippen LogP contribution in [0.2, 0.25) is 0 Å². The second-order valence-corrected chi connectivity index (χ2v) is 6.98. The molecule has 0 spiro atoms. The van der Waals surface area contributed by atoms with E-state index < -0.39 is 0 Å². The maximum atomic E-state index is 2.22. The summed E-state index contributed by atoms with van der Waals surface area (Å²) in [6.45, 7) is 2.16. The zero-order valence-electron chi connectivity index (χ0n) is 10.9. The zero-order valence-corrected chi connectivity index (χ0v) is 12.5. The molecule has 2 aromatic heterocycles. The minimum Gasteiger partial charge on any atom is -0.240 e. The third kappa shape index (κ3) is 4.42. The van der Waals surface area contributed by atoms with Gasteiger partial charge in [-0.1, -0.05) is 21.6 Å². The third-order valence-corrected chi connectivity index (χ3v) is 4.96. The Kier molecular flexibility index (Phi) is 5.19. The molecule has 0 aliphatic heterocycles. The Balaban J connectivity index is 1.54. The van der Waals surface area contributed by atoms with Crippen LogP contribution in [-0.2, 0) is 27.2 Å². The van der Waals surface area contributed by atoms with Crippen LogP contribution in [0.4, 0.5) is 0 Å². The summed E-state index contributed by atoms with van der Waals surface area (Å²) >= 11 is 0. The van der Waals surface area contributed by atoms with E-state index >= 15 is 0 Å². The van der Waals surface area contributed by atoms with Gasteiger partial charge in [0.05, 0.1) is 27.2 Å². The Morgan fingerprint density at radius 1 is 0.833 bits per heavy atom. The lowest BCUT2D eigenvalue weighted by molar-refractivity contribution is -0.671. The summed E-state index contributed by atoms with van der Waals surface area (Å²) in [5, 5.41) is 0. The van der Waals surface area contributed by atoms with Gasteiger partial charge >= 0.3 is 0 Å². The molecule has 0 fully saturated rings. The number of nitrogens with zero attached hydrogens (tertiary/aromatic N) is 4. The fraction of sp³-hybridized carbons (Fsp3) is 0.500. The lowest BCUT2D eigenvalue weighted by Gasteiger charge is -1.98. The van der Waals surface area contributed by atoms with Crippen molar-refractivity contribution >= 4 is 21.6 Å². The lowest BCUT2D eigenvalue weighted by Crippen LogP contribution is -2.23. The maximum Gasteiger partial charge on any atom is 0.243 e. The topological polar surface area (TPSA) is 17.6 Å².